The third-order valence-corrected chi connectivity index (χ3v) is 4.00. The number of amides is 1. The van der Waals surface area contributed by atoms with Gasteiger partial charge in [-0.1, -0.05) is 19.1 Å². The van der Waals surface area contributed by atoms with Gasteiger partial charge in [0.2, 0.25) is 0 Å². The summed E-state index contributed by atoms with van der Waals surface area (Å²) in [7, 11) is 0. The van der Waals surface area contributed by atoms with Crippen LogP contribution in [0.2, 0.25) is 0 Å². The molecule has 0 aliphatic rings. The minimum atomic E-state index is -0.499. The zero-order valence-electron chi connectivity index (χ0n) is 10.8. The maximum absolute atomic E-state index is 13.5. The molecule has 0 bridgehead atoms. The third-order valence-electron chi connectivity index (χ3n) is 2.82. The smallest absolute Gasteiger partial charge is 0.266 e. The van der Waals surface area contributed by atoms with Crippen molar-refractivity contribution < 1.29 is 9.18 Å². The molecule has 2 aromatic rings. The molecular formula is C14H13FN2OS2. The molecule has 6 heteroatoms. The zero-order valence-corrected chi connectivity index (χ0v) is 12.4. The molecule has 0 atom stereocenters. The van der Waals surface area contributed by atoms with E-state index in [-0.39, 0.29) is 16.5 Å². The number of carbonyl (C=O) groups excluding carboxylic acids is 1. The molecule has 1 amide bonds. The van der Waals surface area contributed by atoms with Crippen molar-refractivity contribution in [3.8, 4) is 0 Å². The van der Waals surface area contributed by atoms with E-state index in [2.05, 4.69) is 5.32 Å². The highest BCUT2D eigenvalue weighted by atomic mass is 32.1. The van der Waals surface area contributed by atoms with Gasteiger partial charge in [0.15, 0.2) is 0 Å². The van der Waals surface area contributed by atoms with Crippen LogP contribution >= 0.6 is 23.6 Å². The number of nitrogens with one attached hydrogen (secondary N) is 1. The van der Waals surface area contributed by atoms with Crippen LogP contribution in [0, 0.1) is 5.82 Å². The Kier molecular flexibility index (Phi) is 4.46. The van der Waals surface area contributed by atoms with E-state index in [1.807, 2.05) is 18.4 Å². The van der Waals surface area contributed by atoms with Gasteiger partial charge in [0.1, 0.15) is 10.8 Å². The zero-order chi connectivity index (χ0) is 14.7. The topological polar surface area (TPSA) is 55.1 Å². The SMILES string of the molecule is CCc1ccsc1C(=O)Nc1ccc(F)c(C(N)=S)c1. The van der Waals surface area contributed by atoms with Crippen molar-refractivity contribution >= 4 is 40.1 Å². The van der Waals surface area contributed by atoms with Gasteiger partial charge in [-0.2, -0.15) is 0 Å². The number of hydrogen-bond acceptors (Lipinski definition) is 3. The van der Waals surface area contributed by atoms with Gasteiger partial charge in [-0.05, 0) is 41.6 Å². The molecule has 1 heterocycles. The molecule has 0 aliphatic carbocycles. The minimum Gasteiger partial charge on any atom is -0.389 e. The lowest BCUT2D eigenvalue weighted by molar-refractivity contribution is 0.103. The first-order valence-corrected chi connectivity index (χ1v) is 7.28. The Morgan fingerprint density at radius 2 is 2.20 bits per heavy atom. The Bertz CT molecular complexity index is 667. The molecule has 0 fully saturated rings. The number of hydrogen-bond donors (Lipinski definition) is 2. The van der Waals surface area contributed by atoms with Gasteiger partial charge in [-0.3, -0.25) is 4.79 Å². The monoisotopic (exact) mass is 308 g/mol. The van der Waals surface area contributed by atoms with Gasteiger partial charge in [0, 0.05) is 11.3 Å². The molecule has 20 heavy (non-hydrogen) atoms. The predicted octanol–water partition coefficient (Wildman–Crippen LogP) is 3.34. The number of rotatable bonds is 4. The largest absolute Gasteiger partial charge is 0.389 e. The number of carbonyl (C=O) groups is 1. The number of nitrogens with two attached hydrogens (primary N) is 1. The summed E-state index contributed by atoms with van der Waals surface area (Å²) < 4.78 is 13.5. The van der Waals surface area contributed by atoms with Crippen LogP contribution in [0.5, 0.6) is 0 Å². The van der Waals surface area contributed by atoms with Gasteiger partial charge in [0.05, 0.1) is 4.88 Å². The van der Waals surface area contributed by atoms with E-state index < -0.39 is 5.82 Å². The van der Waals surface area contributed by atoms with Gasteiger partial charge in [0.25, 0.3) is 5.91 Å². The lowest BCUT2D eigenvalue weighted by Gasteiger charge is -2.08. The summed E-state index contributed by atoms with van der Waals surface area (Å²) in [5.74, 6) is -0.710. The molecule has 0 spiro atoms. The lowest BCUT2D eigenvalue weighted by Crippen LogP contribution is -2.15. The first kappa shape index (κ1) is 14.6. The number of anilines is 1. The molecule has 3 nitrogen and oxygen atoms in total. The van der Waals surface area contributed by atoms with Crippen molar-refractivity contribution in [2.45, 2.75) is 13.3 Å². The van der Waals surface area contributed by atoms with E-state index in [1.165, 1.54) is 29.5 Å². The maximum Gasteiger partial charge on any atom is 0.266 e. The Hall–Kier alpha value is -1.79. The molecular weight excluding hydrogens is 295 g/mol. The van der Waals surface area contributed by atoms with Crippen LogP contribution in [-0.4, -0.2) is 10.9 Å². The normalized spacial score (nSPS) is 10.3. The Labute approximate surface area is 125 Å². The van der Waals surface area contributed by atoms with Crippen molar-refractivity contribution in [3.05, 3.63) is 51.5 Å². The number of thiophene rings is 1. The molecule has 3 N–H and O–H groups in total. The average Bonchev–Trinajstić information content (AvgIpc) is 2.89. The second kappa shape index (κ2) is 6.11. The van der Waals surface area contributed by atoms with Crippen molar-refractivity contribution in [2.24, 2.45) is 5.73 Å². The van der Waals surface area contributed by atoms with Crippen LogP contribution in [0.4, 0.5) is 10.1 Å². The summed E-state index contributed by atoms with van der Waals surface area (Å²) in [4.78, 5) is 12.8. The number of halogens is 1. The van der Waals surface area contributed by atoms with Crippen molar-refractivity contribution in [2.75, 3.05) is 5.32 Å². The fourth-order valence-corrected chi connectivity index (χ4v) is 2.84. The first-order valence-electron chi connectivity index (χ1n) is 6.00. The van der Waals surface area contributed by atoms with Crippen LogP contribution in [0.3, 0.4) is 0 Å². The fourth-order valence-electron chi connectivity index (χ4n) is 1.79. The van der Waals surface area contributed by atoms with Crippen LogP contribution < -0.4 is 11.1 Å². The summed E-state index contributed by atoms with van der Waals surface area (Å²) in [5, 5.41) is 4.61. The lowest BCUT2D eigenvalue weighted by atomic mass is 10.1. The number of benzene rings is 1. The van der Waals surface area contributed by atoms with E-state index in [0.717, 1.165) is 12.0 Å². The molecule has 0 saturated heterocycles. The van der Waals surface area contributed by atoms with Gasteiger partial charge < -0.3 is 11.1 Å². The molecule has 0 aliphatic heterocycles. The highest BCUT2D eigenvalue weighted by molar-refractivity contribution is 7.80. The Morgan fingerprint density at radius 1 is 1.45 bits per heavy atom. The summed E-state index contributed by atoms with van der Waals surface area (Å²) in [5.41, 5.74) is 7.02. The van der Waals surface area contributed by atoms with Crippen molar-refractivity contribution in [1.82, 2.24) is 0 Å². The fraction of sp³-hybridized carbons (Fsp3) is 0.143. The van der Waals surface area contributed by atoms with E-state index in [9.17, 15) is 9.18 Å². The number of thiocarbonyl (C=S) groups is 1. The Balaban J connectivity index is 2.24. The van der Waals surface area contributed by atoms with E-state index >= 15 is 0 Å². The summed E-state index contributed by atoms with van der Waals surface area (Å²) in [6.45, 7) is 1.99. The van der Waals surface area contributed by atoms with Crippen molar-refractivity contribution in [3.63, 3.8) is 0 Å². The molecule has 0 radical (unpaired) electrons. The Morgan fingerprint density at radius 3 is 2.85 bits per heavy atom. The van der Waals surface area contributed by atoms with Crippen LogP contribution in [0.1, 0.15) is 27.7 Å². The molecule has 1 aromatic carbocycles. The minimum absolute atomic E-state index is 0.0380. The van der Waals surface area contributed by atoms with Crippen LogP contribution in [-0.2, 0) is 6.42 Å². The predicted molar refractivity (Wildman–Crippen MR) is 83.9 cm³/mol. The molecule has 0 unspecified atom stereocenters. The highest BCUT2D eigenvalue weighted by Crippen LogP contribution is 2.20. The summed E-state index contributed by atoms with van der Waals surface area (Å²) in [6, 6.07) is 6.08. The van der Waals surface area contributed by atoms with E-state index in [1.54, 1.807) is 0 Å². The molecule has 104 valence electrons. The van der Waals surface area contributed by atoms with Crippen LogP contribution in [0.25, 0.3) is 0 Å². The summed E-state index contributed by atoms with van der Waals surface area (Å²) in [6.07, 6.45) is 0.786. The third kappa shape index (κ3) is 3.02. The van der Waals surface area contributed by atoms with Gasteiger partial charge in [-0.25, -0.2) is 4.39 Å². The van der Waals surface area contributed by atoms with Crippen molar-refractivity contribution in [1.29, 1.82) is 0 Å². The first-order chi connectivity index (χ1) is 9.52. The maximum atomic E-state index is 13.5. The highest BCUT2D eigenvalue weighted by Gasteiger charge is 2.13. The van der Waals surface area contributed by atoms with Gasteiger partial charge in [-0.15, -0.1) is 11.3 Å². The quantitative estimate of drug-likeness (QED) is 0.852. The number of aryl methyl sites for hydroxylation is 1. The van der Waals surface area contributed by atoms with Crippen LogP contribution in [0.15, 0.2) is 29.6 Å². The second-order valence-corrected chi connectivity index (χ2v) is 5.50. The van der Waals surface area contributed by atoms with E-state index in [4.69, 9.17) is 18.0 Å². The molecule has 0 saturated carbocycles. The average molecular weight is 308 g/mol. The van der Waals surface area contributed by atoms with Gasteiger partial charge >= 0.3 is 0 Å². The molecule has 1 aromatic heterocycles. The summed E-state index contributed by atoms with van der Waals surface area (Å²) >= 11 is 6.15. The molecule has 2 rings (SSSR count). The van der Waals surface area contributed by atoms with E-state index in [0.29, 0.717) is 10.6 Å². The standard InChI is InChI=1S/C14H13FN2OS2/c1-2-8-5-6-20-12(8)14(18)17-9-3-4-11(15)10(7-9)13(16)19/h3-7H,2H2,1H3,(H2,16,19)(H,17,18). The second-order valence-electron chi connectivity index (χ2n) is 4.14.